The van der Waals surface area contributed by atoms with Crippen LogP contribution in [0.3, 0.4) is 0 Å². The predicted molar refractivity (Wildman–Crippen MR) is 179 cm³/mol. The summed E-state index contributed by atoms with van der Waals surface area (Å²) >= 11 is 0. The zero-order valence-corrected chi connectivity index (χ0v) is 28.1. The second-order valence-electron chi connectivity index (χ2n) is 9.76. The van der Waals surface area contributed by atoms with E-state index < -0.39 is 14.5 Å². The third-order valence-corrected chi connectivity index (χ3v) is 15.6. The Kier molecular flexibility index (Phi) is 11.3. The van der Waals surface area contributed by atoms with Crippen LogP contribution in [-0.4, -0.2) is 0 Å². The van der Waals surface area contributed by atoms with Crippen LogP contribution in [-0.2, 0) is 0 Å². The molecule has 0 N–H and O–H groups in total. The molecular formula is C38H32Br2P2. The summed E-state index contributed by atoms with van der Waals surface area (Å²) < 4.78 is 0. The smallest absolute Gasteiger partial charge is 0.140 e. The minimum Gasteiger partial charge on any atom is -1.00 e. The highest BCUT2D eigenvalue weighted by molar-refractivity contribution is 8.01. The van der Waals surface area contributed by atoms with E-state index in [4.69, 9.17) is 0 Å². The van der Waals surface area contributed by atoms with Crippen molar-refractivity contribution in [1.82, 2.24) is 0 Å². The lowest BCUT2D eigenvalue weighted by molar-refractivity contribution is -0.001000. The molecule has 0 heterocycles. The number of hydrogen-bond donors (Lipinski definition) is 0. The number of rotatable bonds is 8. The maximum atomic E-state index is 2.60. The average Bonchev–Trinajstić information content (AvgIpc) is 3.06. The van der Waals surface area contributed by atoms with E-state index >= 15 is 0 Å². The maximum absolute atomic E-state index is 2.60. The first-order valence-electron chi connectivity index (χ1n) is 13.7. The Bertz CT molecular complexity index is 1340. The van der Waals surface area contributed by atoms with Gasteiger partial charge in [-0.15, -0.1) is 0 Å². The first-order valence-corrected chi connectivity index (χ1v) is 17.4. The van der Waals surface area contributed by atoms with E-state index in [9.17, 15) is 0 Å². The number of benzene rings is 6. The minimum atomic E-state index is -2.16. The third-order valence-electron chi connectivity index (χ3n) is 7.49. The van der Waals surface area contributed by atoms with Crippen molar-refractivity contribution in [3.05, 3.63) is 194 Å². The van der Waals surface area contributed by atoms with Crippen LogP contribution in [0, 0.1) is 0 Å². The van der Waals surface area contributed by atoms with E-state index in [0.29, 0.717) is 0 Å². The number of halogens is 2. The first kappa shape index (κ1) is 31.8. The zero-order chi connectivity index (χ0) is 27.1. The Morgan fingerprint density at radius 1 is 0.238 bits per heavy atom. The van der Waals surface area contributed by atoms with E-state index in [2.05, 4.69) is 194 Å². The highest BCUT2D eigenvalue weighted by atomic mass is 79.9. The standard InChI is InChI=1S/C38H32P2.2BrH/c1-7-19-33(20-8-1)39(34-21-9-2-10-22-34,35-23-11-3-12-24-35)31-32-40(36-25-13-4-14-26-36,37-27-15-5-16-28-37)38-29-17-6-18-30-38;;/h1-32H;2*1H/q+2;;/p-2. The van der Waals surface area contributed by atoms with Gasteiger partial charge in [-0.2, -0.15) is 0 Å². The van der Waals surface area contributed by atoms with Crippen molar-refractivity contribution in [2.75, 3.05) is 0 Å². The molecule has 0 spiro atoms. The first-order chi connectivity index (χ1) is 19.8. The number of hydrogen-bond acceptors (Lipinski definition) is 0. The molecule has 0 amide bonds. The van der Waals surface area contributed by atoms with Crippen molar-refractivity contribution in [2.24, 2.45) is 0 Å². The second-order valence-corrected chi connectivity index (χ2v) is 16.3. The van der Waals surface area contributed by atoms with Crippen LogP contribution in [0.5, 0.6) is 0 Å². The van der Waals surface area contributed by atoms with Crippen molar-refractivity contribution in [2.45, 2.75) is 0 Å². The van der Waals surface area contributed by atoms with Crippen molar-refractivity contribution in [3.63, 3.8) is 0 Å². The van der Waals surface area contributed by atoms with Gasteiger partial charge in [0.2, 0.25) is 0 Å². The van der Waals surface area contributed by atoms with Gasteiger partial charge in [-0.1, -0.05) is 109 Å². The van der Waals surface area contributed by atoms with Gasteiger partial charge in [0.15, 0.2) is 0 Å². The molecule has 208 valence electrons. The largest absolute Gasteiger partial charge is 1.00 e. The molecule has 0 nitrogen and oxygen atoms in total. The second kappa shape index (κ2) is 14.9. The molecule has 4 heteroatoms. The monoisotopic (exact) mass is 708 g/mol. The summed E-state index contributed by atoms with van der Waals surface area (Å²) in [5.41, 5.74) is 0. The molecule has 0 saturated carbocycles. The van der Waals surface area contributed by atoms with E-state index in [0.717, 1.165) is 0 Å². The lowest BCUT2D eigenvalue weighted by Gasteiger charge is -2.27. The SMILES string of the molecule is C(=C[P+](c1ccccc1)(c1ccccc1)c1ccccc1)[P+](c1ccccc1)(c1ccccc1)c1ccccc1.[Br-].[Br-]. The molecule has 0 aliphatic carbocycles. The molecule has 0 unspecified atom stereocenters. The van der Waals surface area contributed by atoms with Gasteiger partial charge in [0.1, 0.15) is 58.0 Å². The summed E-state index contributed by atoms with van der Waals surface area (Å²) in [7, 11) is -4.33. The Hall–Kier alpha value is -3.12. The molecule has 6 aromatic rings. The maximum Gasteiger partial charge on any atom is 0.140 e. The van der Waals surface area contributed by atoms with Crippen LogP contribution >= 0.6 is 14.5 Å². The Balaban J connectivity index is 0.00000202. The summed E-state index contributed by atoms with van der Waals surface area (Å²) in [5.74, 6) is 5.21. The molecule has 0 aliphatic rings. The lowest BCUT2D eigenvalue weighted by Crippen LogP contribution is -3.00. The van der Waals surface area contributed by atoms with Crippen molar-refractivity contribution < 1.29 is 34.0 Å². The van der Waals surface area contributed by atoms with Gasteiger partial charge < -0.3 is 34.0 Å². The summed E-state index contributed by atoms with van der Waals surface area (Å²) in [5, 5.41) is 8.14. The highest BCUT2D eigenvalue weighted by Gasteiger charge is 2.49. The lowest BCUT2D eigenvalue weighted by atomic mass is 10.4. The fraction of sp³-hybridized carbons (Fsp3) is 0. The summed E-state index contributed by atoms with van der Waals surface area (Å²) in [6.07, 6.45) is 0. The summed E-state index contributed by atoms with van der Waals surface area (Å²) in [4.78, 5) is 0. The van der Waals surface area contributed by atoms with Gasteiger partial charge in [0.25, 0.3) is 0 Å². The van der Waals surface area contributed by atoms with Crippen molar-refractivity contribution >= 4 is 46.4 Å². The Morgan fingerprint density at radius 3 is 0.524 bits per heavy atom. The molecule has 0 atom stereocenters. The highest BCUT2D eigenvalue weighted by Crippen LogP contribution is 2.63. The van der Waals surface area contributed by atoms with Crippen LogP contribution in [0.1, 0.15) is 0 Å². The molecule has 0 bridgehead atoms. The topological polar surface area (TPSA) is 0 Å². The molecular weight excluding hydrogens is 678 g/mol. The van der Waals surface area contributed by atoms with Gasteiger partial charge in [-0.05, 0) is 72.8 Å². The van der Waals surface area contributed by atoms with Crippen LogP contribution < -0.4 is 65.8 Å². The summed E-state index contributed by atoms with van der Waals surface area (Å²) in [6.45, 7) is 0. The van der Waals surface area contributed by atoms with E-state index in [1.165, 1.54) is 31.8 Å². The fourth-order valence-corrected chi connectivity index (χ4v) is 13.9. The third kappa shape index (κ3) is 6.15. The molecule has 0 fully saturated rings. The normalized spacial score (nSPS) is 11.3. The zero-order valence-electron chi connectivity index (χ0n) is 23.1. The average molecular weight is 710 g/mol. The van der Waals surface area contributed by atoms with Gasteiger partial charge in [-0.3, -0.25) is 0 Å². The van der Waals surface area contributed by atoms with Crippen LogP contribution in [0.15, 0.2) is 194 Å². The molecule has 42 heavy (non-hydrogen) atoms. The van der Waals surface area contributed by atoms with E-state index in [-0.39, 0.29) is 34.0 Å². The summed E-state index contributed by atoms with van der Waals surface area (Å²) in [6, 6.07) is 66.6. The van der Waals surface area contributed by atoms with Gasteiger partial charge >= 0.3 is 0 Å². The van der Waals surface area contributed by atoms with Crippen LogP contribution in [0.25, 0.3) is 0 Å². The molecule has 0 aromatic heterocycles. The minimum absolute atomic E-state index is 0. The molecule has 0 aliphatic heterocycles. The molecule has 6 rings (SSSR count). The van der Waals surface area contributed by atoms with Gasteiger partial charge in [0.05, 0.1) is 0 Å². The Morgan fingerprint density at radius 2 is 0.381 bits per heavy atom. The predicted octanol–water partition coefficient (Wildman–Crippen LogP) is 1.45. The molecule has 0 saturated heterocycles. The molecule has 6 aromatic carbocycles. The van der Waals surface area contributed by atoms with Gasteiger partial charge in [-0.25, -0.2) is 0 Å². The Labute approximate surface area is 272 Å². The van der Waals surface area contributed by atoms with Crippen molar-refractivity contribution in [1.29, 1.82) is 0 Å². The van der Waals surface area contributed by atoms with Crippen LogP contribution in [0.4, 0.5) is 0 Å². The molecule has 0 radical (unpaired) electrons. The fourth-order valence-electron chi connectivity index (χ4n) is 5.59. The van der Waals surface area contributed by atoms with E-state index in [1.807, 2.05) is 0 Å². The quantitative estimate of drug-likeness (QED) is 0.210. The van der Waals surface area contributed by atoms with Crippen molar-refractivity contribution in [3.8, 4) is 0 Å². The van der Waals surface area contributed by atoms with Gasteiger partial charge in [0, 0.05) is 0 Å². The van der Waals surface area contributed by atoms with E-state index in [1.54, 1.807) is 0 Å². The van der Waals surface area contributed by atoms with Crippen LogP contribution in [0.2, 0.25) is 0 Å².